The van der Waals surface area contributed by atoms with Crippen molar-refractivity contribution in [3.8, 4) is 0 Å². The molecule has 0 aromatic carbocycles. The lowest BCUT2D eigenvalue weighted by Gasteiger charge is -2.08. The molecule has 88 valence electrons. The zero-order chi connectivity index (χ0) is 12.4. The number of nitrogen functional groups attached to an aromatic ring is 1. The average molecular weight is 232 g/mol. The second-order valence-corrected chi connectivity index (χ2v) is 3.76. The molecule has 0 atom stereocenters. The number of pyridine rings is 1. The molecule has 0 bridgehead atoms. The highest BCUT2D eigenvalue weighted by Crippen LogP contribution is 2.03. The van der Waals surface area contributed by atoms with Gasteiger partial charge in [-0.3, -0.25) is 19.3 Å². The summed E-state index contributed by atoms with van der Waals surface area (Å²) < 4.78 is 1.29. The van der Waals surface area contributed by atoms with Crippen LogP contribution in [0, 0.1) is 6.92 Å². The topological polar surface area (TPSA) is 93.8 Å². The van der Waals surface area contributed by atoms with Gasteiger partial charge in [-0.25, -0.2) is 4.79 Å². The maximum Gasteiger partial charge on any atom is 0.330 e. The second-order valence-electron chi connectivity index (χ2n) is 3.76. The molecule has 2 rings (SSSR count). The van der Waals surface area contributed by atoms with Gasteiger partial charge in [0.2, 0.25) is 0 Å². The lowest BCUT2D eigenvalue weighted by Crippen LogP contribution is -2.31. The van der Waals surface area contributed by atoms with E-state index in [1.807, 2.05) is 19.1 Å². The Morgan fingerprint density at radius 2 is 2.18 bits per heavy atom. The predicted molar refractivity (Wildman–Crippen MR) is 63.8 cm³/mol. The fraction of sp³-hybridized carbons (Fsp3) is 0.182. The van der Waals surface area contributed by atoms with Gasteiger partial charge in [0.25, 0.3) is 5.56 Å². The molecule has 6 heteroatoms. The number of H-pyrrole nitrogens is 1. The lowest BCUT2D eigenvalue weighted by atomic mass is 10.2. The van der Waals surface area contributed by atoms with Crippen molar-refractivity contribution in [2.24, 2.45) is 0 Å². The summed E-state index contributed by atoms with van der Waals surface area (Å²) in [6, 6.07) is 4.89. The molecule has 0 fully saturated rings. The van der Waals surface area contributed by atoms with Gasteiger partial charge in [-0.15, -0.1) is 0 Å². The third kappa shape index (κ3) is 2.41. The summed E-state index contributed by atoms with van der Waals surface area (Å²) in [7, 11) is 0. The predicted octanol–water partition coefficient (Wildman–Crippen LogP) is -0.129. The molecule has 0 spiro atoms. The Morgan fingerprint density at radius 1 is 1.41 bits per heavy atom. The van der Waals surface area contributed by atoms with Crippen LogP contribution in [0.1, 0.15) is 11.3 Å². The molecule has 0 aliphatic rings. The first-order chi connectivity index (χ1) is 8.06. The SMILES string of the molecule is Cc1ccc(Cn2c(N)cc(=O)[nH]c2=O)cn1. The minimum absolute atomic E-state index is 0.138. The fourth-order valence-corrected chi connectivity index (χ4v) is 1.48. The van der Waals surface area contributed by atoms with Gasteiger partial charge in [0.1, 0.15) is 5.82 Å². The monoisotopic (exact) mass is 232 g/mol. The first kappa shape index (κ1) is 11.1. The molecule has 2 aromatic rings. The summed E-state index contributed by atoms with van der Waals surface area (Å²) in [6.07, 6.45) is 1.67. The zero-order valence-electron chi connectivity index (χ0n) is 9.30. The van der Waals surface area contributed by atoms with Crippen LogP contribution in [0.5, 0.6) is 0 Å². The molecule has 0 saturated carbocycles. The van der Waals surface area contributed by atoms with Crippen molar-refractivity contribution in [3.63, 3.8) is 0 Å². The van der Waals surface area contributed by atoms with Gasteiger partial charge in [-0.1, -0.05) is 6.07 Å². The number of anilines is 1. The van der Waals surface area contributed by atoms with Gasteiger partial charge in [-0.2, -0.15) is 0 Å². The van der Waals surface area contributed by atoms with Gasteiger partial charge < -0.3 is 5.73 Å². The minimum Gasteiger partial charge on any atom is -0.385 e. The van der Waals surface area contributed by atoms with Crippen molar-refractivity contribution in [2.75, 3.05) is 5.73 Å². The third-order valence-electron chi connectivity index (χ3n) is 2.38. The first-order valence-corrected chi connectivity index (χ1v) is 5.07. The largest absolute Gasteiger partial charge is 0.385 e. The number of nitrogens with zero attached hydrogens (tertiary/aromatic N) is 2. The smallest absolute Gasteiger partial charge is 0.330 e. The number of nitrogens with one attached hydrogen (secondary N) is 1. The number of hydrogen-bond donors (Lipinski definition) is 2. The van der Waals surface area contributed by atoms with E-state index in [1.54, 1.807) is 6.20 Å². The Balaban J connectivity index is 2.40. The summed E-state index contributed by atoms with van der Waals surface area (Å²) >= 11 is 0. The Kier molecular flexibility index (Phi) is 2.78. The van der Waals surface area contributed by atoms with Gasteiger partial charge >= 0.3 is 5.69 Å². The van der Waals surface area contributed by atoms with E-state index in [2.05, 4.69) is 9.97 Å². The van der Waals surface area contributed by atoms with E-state index in [0.717, 1.165) is 11.3 Å². The Bertz CT molecular complexity index is 640. The molecule has 0 amide bonds. The quantitative estimate of drug-likeness (QED) is 0.754. The summed E-state index contributed by atoms with van der Waals surface area (Å²) in [5.41, 5.74) is 6.35. The van der Waals surface area contributed by atoms with Crippen LogP contribution in [0.25, 0.3) is 0 Å². The second kappa shape index (κ2) is 4.25. The molecule has 2 heterocycles. The maximum absolute atomic E-state index is 11.5. The standard InChI is InChI=1S/C11H12N4O2/c1-7-2-3-8(5-13-7)6-15-9(12)4-10(16)14-11(15)17/h2-5H,6,12H2,1H3,(H,14,16,17). The summed E-state index contributed by atoms with van der Waals surface area (Å²) in [4.78, 5) is 28.8. The Morgan fingerprint density at radius 3 is 2.76 bits per heavy atom. The molecule has 0 aliphatic heterocycles. The molecule has 0 aliphatic carbocycles. The highest BCUT2D eigenvalue weighted by atomic mass is 16.2. The number of nitrogens with two attached hydrogens (primary N) is 1. The van der Waals surface area contributed by atoms with Crippen molar-refractivity contribution in [2.45, 2.75) is 13.5 Å². The number of aromatic amines is 1. The van der Waals surface area contributed by atoms with Crippen LogP contribution in [-0.2, 0) is 6.54 Å². The Labute approximate surface area is 96.8 Å². The zero-order valence-corrected chi connectivity index (χ0v) is 9.30. The van der Waals surface area contributed by atoms with Gasteiger partial charge in [0.15, 0.2) is 0 Å². The van der Waals surface area contributed by atoms with Crippen LogP contribution < -0.4 is 17.0 Å². The third-order valence-corrected chi connectivity index (χ3v) is 2.38. The molecule has 0 radical (unpaired) electrons. The van der Waals surface area contributed by atoms with Gasteiger partial charge in [0.05, 0.1) is 6.54 Å². The van der Waals surface area contributed by atoms with Gasteiger partial charge in [-0.05, 0) is 18.6 Å². The lowest BCUT2D eigenvalue weighted by molar-refractivity contribution is 0.730. The van der Waals surface area contributed by atoms with Crippen LogP contribution in [0.15, 0.2) is 34.0 Å². The van der Waals surface area contributed by atoms with E-state index in [-0.39, 0.29) is 12.4 Å². The number of hydrogen-bond acceptors (Lipinski definition) is 4. The maximum atomic E-state index is 11.5. The minimum atomic E-state index is -0.518. The number of aryl methyl sites for hydroxylation is 1. The van der Waals surface area contributed by atoms with Crippen molar-refractivity contribution in [1.82, 2.24) is 14.5 Å². The summed E-state index contributed by atoms with van der Waals surface area (Å²) in [6.45, 7) is 2.17. The van der Waals surface area contributed by atoms with Crippen LogP contribution in [0.3, 0.4) is 0 Å². The van der Waals surface area contributed by atoms with E-state index in [1.165, 1.54) is 10.6 Å². The fourth-order valence-electron chi connectivity index (χ4n) is 1.48. The van der Waals surface area contributed by atoms with Crippen LogP contribution >= 0.6 is 0 Å². The van der Waals surface area contributed by atoms with E-state index in [0.29, 0.717) is 0 Å². The van der Waals surface area contributed by atoms with E-state index in [9.17, 15) is 9.59 Å². The normalized spacial score (nSPS) is 10.4. The van der Waals surface area contributed by atoms with Crippen molar-refractivity contribution < 1.29 is 0 Å². The van der Waals surface area contributed by atoms with E-state index >= 15 is 0 Å². The highest BCUT2D eigenvalue weighted by Gasteiger charge is 2.03. The number of rotatable bonds is 2. The molecule has 0 saturated heterocycles. The Hall–Kier alpha value is -2.37. The van der Waals surface area contributed by atoms with Crippen LogP contribution in [0.4, 0.5) is 5.82 Å². The van der Waals surface area contributed by atoms with Crippen LogP contribution in [-0.4, -0.2) is 14.5 Å². The number of aromatic nitrogens is 3. The van der Waals surface area contributed by atoms with E-state index in [4.69, 9.17) is 5.73 Å². The van der Waals surface area contributed by atoms with Crippen molar-refractivity contribution >= 4 is 5.82 Å². The highest BCUT2D eigenvalue weighted by molar-refractivity contribution is 5.28. The van der Waals surface area contributed by atoms with Gasteiger partial charge in [0, 0.05) is 18.0 Å². The molecule has 17 heavy (non-hydrogen) atoms. The molecule has 0 unspecified atom stereocenters. The summed E-state index contributed by atoms with van der Waals surface area (Å²) in [5.74, 6) is 0.138. The van der Waals surface area contributed by atoms with Crippen LogP contribution in [0.2, 0.25) is 0 Å². The molecular formula is C11H12N4O2. The first-order valence-electron chi connectivity index (χ1n) is 5.07. The average Bonchev–Trinajstić information content (AvgIpc) is 2.26. The molecule has 6 nitrogen and oxygen atoms in total. The molecule has 2 aromatic heterocycles. The van der Waals surface area contributed by atoms with Crippen molar-refractivity contribution in [3.05, 3.63) is 56.5 Å². The summed E-state index contributed by atoms with van der Waals surface area (Å²) in [5, 5.41) is 0. The molecular weight excluding hydrogens is 220 g/mol. The van der Waals surface area contributed by atoms with E-state index < -0.39 is 11.2 Å². The molecule has 3 N–H and O–H groups in total. The van der Waals surface area contributed by atoms with Crippen molar-refractivity contribution in [1.29, 1.82) is 0 Å².